The van der Waals surface area contributed by atoms with Crippen LogP contribution in [0.4, 0.5) is 0 Å². The van der Waals surface area contributed by atoms with E-state index in [4.69, 9.17) is 13.0 Å². The fourth-order valence-corrected chi connectivity index (χ4v) is 7.93. The van der Waals surface area contributed by atoms with Gasteiger partial charge in [-0.05, 0) is 25.9 Å². The van der Waals surface area contributed by atoms with Crippen LogP contribution in [0.15, 0.2) is 24.6 Å². The highest BCUT2D eigenvalue weighted by Crippen LogP contribution is 2.20. The molecule has 0 aromatic rings. The molecule has 0 aliphatic carbocycles. The van der Waals surface area contributed by atoms with E-state index >= 15 is 0 Å². The molecular weight excluding hydrogens is 320 g/mol. The van der Waals surface area contributed by atoms with Crippen molar-refractivity contribution in [1.82, 2.24) is 0 Å². The molecule has 0 aliphatic heterocycles. The Morgan fingerprint density at radius 1 is 0.696 bits per heavy atom. The second-order valence-corrected chi connectivity index (χ2v) is 12.6. The molecule has 2 atom stereocenters. The van der Waals surface area contributed by atoms with Crippen LogP contribution in [0.25, 0.3) is 0 Å². The van der Waals surface area contributed by atoms with Crippen LogP contribution < -0.4 is 0 Å². The molecule has 5 heteroatoms. The van der Waals surface area contributed by atoms with E-state index in [2.05, 4.69) is 33.6 Å². The van der Waals surface area contributed by atoms with E-state index in [9.17, 15) is 0 Å². The highest BCUT2D eigenvalue weighted by Gasteiger charge is 2.39. The van der Waals surface area contributed by atoms with Crippen molar-refractivity contribution in [2.75, 3.05) is 13.2 Å². The van der Waals surface area contributed by atoms with Crippen LogP contribution in [0.5, 0.6) is 0 Å². The van der Waals surface area contributed by atoms with Crippen LogP contribution >= 0.6 is 0 Å². The summed E-state index contributed by atoms with van der Waals surface area (Å²) in [7, 11) is -4.76. The van der Waals surface area contributed by atoms with E-state index in [0.717, 1.165) is 32.5 Å². The van der Waals surface area contributed by atoms with E-state index in [-0.39, 0.29) is 0 Å². The summed E-state index contributed by atoms with van der Waals surface area (Å²) in [6.45, 7) is 17.8. The van der Waals surface area contributed by atoms with Gasteiger partial charge < -0.3 is 13.0 Å². The quantitative estimate of drug-likeness (QED) is 0.258. The van der Waals surface area contributed by atoms with Gasteiger partial charge in [0.1, 0.15) is 0 Å². The smallest absolute Gasteiger partial charge is 0.352 e. The Morgan fingerprint density at radius 3 is 1.61 bits per heavy atom. The van der Waals surface area contributed by atoms with Gasteiger partial charge >= 0.3 is 17.1 Å². The fraction of sp³-hybridized carbons (Fsp3) is 0.778. The molecule has 0 bridgehead atoms. The Hall–Kier alpha value is -0.206. The van der Waals surface area contributed by atoms with Crippen molar-refractivity contribution in [2.45, 2.75) is 78.3 Å². The normalized spacial score (nSPS) is 16.5. The van der Waals surface area contributed by atoms with E-state index < -0.39 is 17.1 Å². The van der Waals surface area contributed by atoms with Crippen LogP contribution in [0.2, 0.25) is 13.1 Å². The SMILES string of the molecule is C=C[Si](C)(OCCCC)O[Si](C)(C=C)OCCCCCCCC. The minimum absolute atomic E-state index is 0.726. The molecule has 3 nitrogen and oxygen atoms in total. The van der Waals surface area contributed by atoms with E-state index in [1.807, 2.05) is 17.9 Å². The van der Waals surface area contributed by atoms with Crippen molar-refractivity contribution in [2.24, 2.45) is 0 Å². The predicted octanol–water partition coefficient (Wildman–Crippen LogP) is 5.79. The molecule has 0 aliphatic rings. The summed E-state index contributed by atoms with van der Waals surface area (Å²) in [6, 6.07) is 0. The zero-order valence-electron chi connectivity index (χ0n) is 15.9. The molecule has 0 saturated heterocycles. The van der Waals surface area contributed by atoms with Gasteiger partial charge in [-0.2, -0.15) is 0 Å². The summed E-state index contributed by atoms with van der Waals surface area (Å²) >= 11 is 0. The van der Waals surface area contributed by atoms with Crippen LogP contribution in [0, 0.1) is 0 Å². The average molecular weight is 359 g/mol. The highest BCUT2D eigenvalue weighted by atomic mass is 28.5. The summed E-state index contributed by atoms with van der Waals surface area (Å²) in [5.74, 6) is 0. The Labute approximate surface area is 146 Å². The first-order valence-electron chi connectivity index (χ1n) is 9.20. The van der Waals surface area contributed by atoms with Crippen LogP contribution in [0.1, 0.15) is 65.2 Å². The first kappa shape index (κ1) is 22.8. The largest absolute Gasteiger partial charge is 0.409 e. The van der Waals surface area contributed by atoms with Crippen molar-refractivity contribution < 1.29 is 13.0 Å². The Bertz CT molecular complexity index is 325. The van der Waals surface area contributed by atoms with Crippen LogP contribution in [0.3, 0.4) is 0 Å². The number of rotatable bonds is 16. The summed E-state index contributed by atoms with van der Waals surface area (Å²) in [4.78, 5) is 0. The van der Waals surface area contributed by atoms with Gasteiger partial charge in [0.15, 0.2) is 0 Å². The molecule has 0 heterocycles. The molecular formula is C18H38O3Si2. The third-order valence-electron chi connectivity index (χ3n) is 3.92. The molecule has 2 unspecified atom stereocenters. The zero-order valence-corrected chi connectivity index (χ0v) is 17.9. The number of hydrogen-bond donors (Lipinski definition) is 0. The van der Waals surface area contributed by atoms with Gasteiger partial charge in [-0.3, -0.25) is 0 Å². The van der Waals surface area contributed by atoms with Crippen molar-refractivity contribution in [1.29, 1.82) is 0 Å². The molecule has 0 spiro atoms. The second-order valence-electron chi connectivity index (χ2n) is 6.36. The molecule has 0 fully saturated rings. The maximum Gasteiger partial charge on any atom is 0.352 e. The molecule has 0 aromatic carbocycles. The van der Waals surface area contributed by atoms with Crippen molar-refractivity contribution >= 4 is 17.1 Å². The topological polar surface area (TPSA) is 27.7 Å². The van der Waals surface area contributed by atoms with E-state index in [1.54, 1.807) is 0 Å². The first-order valence-corrected chi connectivity index (χ1v) is 14.0. The summed E-state index contributed by atoms with van der Waals surface area (Å²) < 4.78 is 18.4. The Morgan fingerprint density at radius 2 is 1.13 bits per heavy atom. The summed E-state index contributed by atoms with van der Waals surface area (Å²) in [5.41, 5.74) is 3.72. The minimum atomic E-state index is -2.39. The van der Waals surface area contributed by atoms with Gasteiger partial charge in [0, 0.05) is 13.2 Å². The Balaban J connectivity index is 4.24. The molecule has 136 valence electrons. The molecule has 0 amide bonds. The Kier molecular flexibility index (Phi) is 13.0. The lowest BCUT2D eigenvalue weighted by Crippen LogP contribution is -2.50. The number of unbranched alkanes of at least 4 members (excludes halogenated alkanes) is 6. The first-order chi connectivity index (χ1) is 10.9. The van der Waals surface area contributed by atoms with Gasteiger partial charge in [0.25, 0.3) is 0 Å². The minimum Gasteiger partial charge on any atom is -0.409 e. The van der Waals surface area contributed by atoms with Crippen molar-refractivity contribution in [3.8, 4) is 0 Å². The third kappa shape index (κ3) is 11.1. The lowest BCUT2D eigenvalue weighted by atomic mass is 10.1. The van der Waals surface area contributed by atoms with Crippen LogP contribution in [-0.2, 0) is 13.0 Å². The highest BCUT2D eigenvalue weighted by molar-refractivity contribution is 6.84. The van der Waals surface area contributed by atoms with Gasteiger partial charge in [0.05, 0.1) is 0 Å². The maximum absolute atomic E-state index is 6.31. The molecule has 0 radical (unpaired) electrons. The standard InChI is InChI=1S/C18H38O3Si2/c1-7-11-13-14-15-16-18-20-23(6,10-4)21-22(5,9-3)19-17-12-8-2/h9-10H,3-4,7-8,11-18H2,1-2,5-6H3. The van der Waals surface area contributed by atoms with Gasteiger partial charge in [-0.15, -0.1) is 13.2 Å². The fourth-order valence-electron chi connectivity index (χ4n) is 2.24. The predicted molar refractivity (Wildman–Crippen MR) is 105 cm³/mol. The van der Waals surface area contributed by atoms with Crippen molar-refractivity contribution in [3.05, 3.63) is 24.6 Å². The second kappa shape index (κ2) is 13.1. The van der Waals surface area contributed by atoms with Gasteiger partial charge in [0.2, 0.25) is 0 Å². The number of hydrogen-bond acceptors (Lipinski definition) is 3. The molecule has 0 saturated carbocycles. The van der Waals surface area contributed by atoms with Crippen LogP contribution in [-0.4, -0.2) is 30.3 Å². The third-order valence-corrected chi connectivity index (χ3v) is 10.2. The molecule has 0 rings (SSSR count). The average Bonchev–Trinajstić information content (AvgIpc) is 2.54. The van der Waals surface area contributed by atoms with Gasteiger partial charge in [-0.25, -0.2) is 0 Å². The summed E-state index contributed by atoms with van der Waals surface area (Å²) in [6.07, 6.45) is 9.73. The molecule has 0 N–H and O–H groups in total. The molecule has 23 heavy (non-hydrogen) atoms. The molecule has 0 aromatic heterocycles. The lowest BCUT2D eigenvalue weighted by Gasteiger charge is -2.33. The maximum atomic E-state index is 6.31. The van der Waals surface area contributed by atoms with E-state index in [0.29, 0.717) is 0 Å². The van der Waals surface area contributed by atoms with Gasteiger partial charge in [-0.1, -0.05) is 63.8 Å². The van der Waals surface area contributed by atoms with Crippen molar-refractivity contribution in [3.63, 3.8) is 0 Å². The zero-order chi connectivity index (χ0) is 17.6. The monoisotopic (exact) mass is 358 g/mol. The lowest BCUT2D eigenvalue weighted by molar-refractivity contribution is 0.197. The summed E-state index contributed by atoms with van der Waals surface area (Å²) in [5, 5.41) is 0. The van der Waals surface area contributed by atoms with E-state index in [1.165, 1.54) is 32.1 Å².